The van der Waals surface area contributed by atoms with Crippen molar-refractivity contribution in [2.45, 2.75) is 6.54 Å². The predicted octanol–water partition coefficient (Wildman–Crippen LogP) is 4.78. The van der Waals surface area contributed by atoms with Crippen molar-refractivity contribution in [1.82, 2.24) is 0 Å². The van der Waals surface area contributed by atoms with E-state index in [2.05, 4.69) is 10.0 Å². The quantitative estimate of drug-likeness (QED) is 0.455. The molecule has 0 unspecified atom stereocenters. The number of hydrogen-bond donors (Lipinski definition) is 0. The SMILES string of the molecule is [N-]=[N+]=NC(=O)N(Cc1ccccc1)c1ccc(Cl)cc1. The van der Waals surface area contributed by atoms with Gasteiger partial charge in [0.2, 0.25) is 0 Å². The fourth-order valence-electron chi connectivity index (χ4n) is 1.75. The molecule has 0 saturated carbocycles. The molecule has 0 aliphatic rings. The summed E-state index contributed by atoms with van der Waals surface area (Å²) in [5.41, 5.74) is 9.99. The van der Waals surface area contributed by atoms with Crippen LogP contribution in [-0.4, -0.2) is 6.03 Å². The van der Waals surface area contributed by atoms with E-state index in [1.165, 1.54) is 4.90 Å². The maximum Gasteiger partial charge on any atom is 0.315 e. The van der Waals surface area contributed by atoms with Gasteiger partial charge < -0.3 is 4.90 Å². The standard InChI is InChI=1S/C14H11ClN4O/c15-12-6-8-13(9-7-12)19(14(20)17-18-16)10-11-4-2-1-3-5-11/h1-9H,10H2. The van der Waals surface area contributed by atoms with E-state index in [1.807, 2.05) is 30.3 Å². The molecule has 0 aromatic heterocycles. The summed E-state index contributed by atoms with van der Waals surface area (Å²) in [6.07, 6.45) is 0. The van der Waals surface area contributed by atoms with E-state index in [-0.39, 0.29) is 0 Å². The Morgan fingerprint density at radius 3 is 2.40 bits per heavy atom. The zero-order valence-electron chi connectivity index (χ0n) is 10.5. The summed E-state index contributed by atoms with van der Waals surface area (Å²) in [6, 6.07) is 15.6. The second-order valence-electron chi connectivity index (χ2n) is 4.02. The highest BCUT2D eigenvalue weighted by molar-refractivity contribution is 6.30. The van der Waals surface area contributed by atoms with Gasteiger partial charge in [-0.05, 0) is 35.4 Å². The summed E-state index contributed by atoms with van der Waals surface area (Å²) in [5, 5.41) is 3.73. The highest BCUT2D eigenvalue weighted by atomic mass is 35.5. The number of carbonyl (C=O) groups is 1. The number of benzene rings is 2. The molecule has 5 nitrogen and oxygen atoms in total. The molecule has 0 saturated heterocycles. The molecule has 0 aliphatic carbocycles. The van der Waals surface area contributed by atoms with E-state index >= 15 is 0 Å². The van der Waals surface area contributed by atoms with Gasteiger partial charge in [-0.3, -0.25) is 4.79 Å². The first kappa shape index (κ1) is 13.9. The molecule has 0 bridgehead atoms. The number of nitrogens with zero attached hydrogens (tertiary/aromatic N) is 4. The van der Waals surface area contributed by atoms with Crippen molar-refractivity contribution in [2.24, 2.45) is 5.11 Å². The van der Waals surface area contributed by atoms with Gasteiger partial charge in [0.1, 0.15) is 0 Å². The lowest BCUT2D eigenvalue weighted by Gasteiger charge is -2.20. The maximum atomic E-state index is 11.9. The zero-order valence-corrected chi connectivity index (χ0v) is 11.2. The minimum Gasteiger partial charge on any atom is -0.302 e. The second kappa shape index (κ2) is 6.61. The number of hydrogen-bond acceptors (Lipinski definition) is 1. The van der Waals surface area contributed by atoms with Crippen LogP contribution >= 0.6 is 11.6 Å². The number of carbonyl (C=O) groups excluding carboxylic acids is 1. The van der Waals surface area contributed by atoms with Crippen molar-refractivity contribution < 1.29 is 4.79 Å². The zero-order chi connectivity index (χ0) is 14.4. The molecule has 0 radical (unpaired) electrons. The van der Waals surface area contributed by atoms with Crippen LogP contribution < -0.4 is 4.90 Å². The Morgan fingerprint density at radius 2 is 1.80 bits per heavy atom. The number of anilines is 1. The van der Waals surface area contributed by atoms with E-state index in [9.17, 15) is 4.79 Å². The molecular formula is C14H11ClN4O. The summed E-state index contributed by atoms with van der Waals surface area (Å²) < 4.78 is 0. The van der Waals surface area contributed by atoms with E-state index in [0.717, 1.165) is 5.56 Å². The van der Waals surface area contributed by atoms with Gasteiger partial charge in [0, 0.05) is 20.7 Å². The molecule has 6 heteroatoms. The van der Waals surface area contributed by atoms with Crippen LogP contribution in [0.3, 0.4) is 0 Å². The monoisotopic (exact) mass is 286 g/mol. The molecule has 0 aliphatic heterocycles. The topological polar surface area (TPSA) is 69.1 Å². The van der Waals surface area contributed by atoms with Crippen LogP contribution in [0.1, 0.15) is 5.56 Å². The summed E-state index contributed by atoms with van der Waals surface area (Å²) in [6.45, 7) is 0.320. The average Bonchev–Trinajstić information content (AvgIpc) is 2.47. The van der Waals surface area contributed by atoms with Crippen LogP contribution in [0.15, 0.2) is 59.7 Å². The van der Waals surface area contributed by atoms with Crippen LogP contribution in [0.25, 0.3) is 10.4 Å². The van der Waals surface area contributed by atoms with E-state index < -0.39 is 6.03 Å². The Labute approximate surface area is 121 Å². The van der Waals surface area contributed by atoms with Crippen molar-refractivity contribution in [2.75, 3.05) is 4.90 Å². The van der Waals surface area contributed by atoms with Gasteiger partial charge in [-0.2, -0.15) is 0 Å². The number of urea groups is 1. The largest absolute Gasteiger partial charge is 0.315 e. The molecule has 0 N–H and O–H groups in total. The molecule has 0 atom stereocenters. The van der Waals surface area contributed by atoms with Crippen molar-refractivity contribution in [3.05, 3.63) is 75.6 Å². The summed E-state index contributed by atoms with van der Waals surface area (Å²) in [5.74, 6) is 0. The van der Waals surface area contributed by atoms with Gasteiger partial charge in [-0.1, -0.05) is 41.9 Å². The Balaban J connectivity index is 2.32. The predicted molar refractivity (Wildman–Crippen MR) is 78.6 cm³/mol. The van der Waals surface area contributed by atoms with Gasteiger partial charge >= 0.3 is 6.03 Å². The lowest BCUT2D eigenvalue weighted by Crippen LogP contribution is -2.27. The lowest BCUT2D eigenvalue weighted by molar-refractivity contribution is 0.253. The first-order valence-electron chi connectivity index (χ1n) is 5.87. The van der Waals surface area contributed by atoms with Gasteiger partial charge in [0.25, 0.3) is 0 Å². The third-order valence-corrected chi connectivity index (χ3v) is 2.93. The summed E-state index contributed by atoms with van der Waals surface area (Å²) in [7, 11) is 0. The molecule has 2 amide bonds. The van der Waals surface area contributed by atoms with Crippen LogP contribution in [-0.2, 0) is 6.54 Å². The number of halogens is 1. The molecular weight excluding hydrogens is 276 g/mol. The number of azide groups is 1. The van der Waals surface area contributed by atoms with Gasteiger partial charge in [-0.25, -0.2) is 0 Å². The minimum atomic E-state index is -0.654. The minimum absolute atomic E-state index is 0.320. The first-order valence-corrected chi connectivity index (χ1v) is 6.24. The molecule has 2 rings (SSSR count). The smallest absolute Gasteiger partial charge is 0.302 e. The van der Waals surface area contributed by atoms with E-state index in [0.29, 0.717) is 17.3 Å². The highest BCUT2D eigenvalue weighted by Gasteiger charge is 2.14. The molecule has 100 valence electrons. The number of amides is 2. The Kier molecular flexibility index (Phi) is 4.60. The Hall–Kier alpha value is -2.49. The van der Waals surface area contributed by atoms with Gasteiger partial charge in [0.15, 0.2) is 0 Å². The van der Waals surface area contributed by atoms with Crippen LogP contribution in [0.5, 0.6) is 0 Å². The summed E-state index contributed by atoms with van der Waals surface area (Å²) in [4.78, 5) is 15.8. The fourth-order valence-corrected chi connectivity index (χ4v) is 1.87. The van der Waals surface area contributed by atoms with Crippen molar-refractivity contribution >= 4 is 23.3 Å². The lowest BCUT2D eigenvalue weighted by atomic mass is 10.2. The second-order valence-corrected chi connectivity index (χ2v) is 4.46. The van der Waals surface area contributed by atoms with Crippen LogP contribution in [0, 0.1) is 0 Å². The van der Waals surface area contributed by atoms with Gasteiger partial charge in [-0.15, -0.1) is 0 Å². The molecule has 2 aromatic rings. The molecule has 0 spiro atoms. The third kappa shape index (κ3) is 3.51. The third-order valence-electron chi connectivity index (χ3n) is 2.68. The number of rotatable bonds is 3. The normalized spacial score (nSPS) is 9.65. The van der Waals surface area contributed by atoms with E-state index in [4.69, 9.17) is 17.1 Å². The molecule has 20 heavy (non-hydrogen) atoms. The molecule has 0 fully saturated rings. The fraction of sp³-hybridized carbons (Fsp3) is 0.0714. The van der Waals surface area contributed by atoms with Gasteiger partial charge in [0.05, 0.1) is 6.54 Å². The maximum absolute atomic E-state index is 11.9. The van der Waals surface area contributed by atoms with Crippen LogP contribution in [0.2, 0.25) is 5.02 Å². The Morgan fingerprint density at radius 1 is 1.15 bits per heavy atom. The molecule has 0 heterocycles. The summed E-state index contributed by atoms with van der Waals surface area (Å²) >= 11 is 5.83. The molecule has 2 aromatic carbocycles. The van der Waals surface area contributed by atoms with Crippen molar-refractivity contribution in [3.63, 3.8) is 0 Å². The first-order chi connectivity index (χ1) is 9.70. The van der Waals surface area contributed by atoms with Crippen molar-refractivity contribution in [3.8, 4) is 0 Å². The average molecular weight is 287 g/mol. The van der Waals surface area contributed by atoms with Crippen molar-refractivity contribution in [1.29, 1.82) is 0 Å². The van der Waals surface area contributed by atoms with E-state index in [1.54, 1.807) is 24.3 Å². The van der Waals surface area contributed by atoms with Crippen LogP contribution in [0.4, 0.5) is 10.5 Å². The highest BCUT2D eigenvalue weighted by Crippen LogP contribution is 2.21. The Bertz CT molecular complexity index is 636.